The summed E-state index contributed by atoms with van der Waals surface area (Å²) in [6, 6.07) is 8.28. The number of fused-ring (bicyclic) bond motifs is 1. The quantitative estimate of drug-likeness (QED) is 0.317. The summed E-state index contributed by atoms with van der Waals surface area (Å²) in [4.78, 5) is 8.60. The number of terminal acetylenes is 1. The molecule has 1 unspecified atom stereocenters. The Bertz CT molecular complexity index is 1320. The van der Waals surface area contributed by atoms with E-state index in [4.69, 9.17) is 6.42 Å². The highest BCUT2D eigenvalue weighted by molar-refractivity contribution is 5.86. The van der Waals surface area contributed by atoms with Crippen molar-refractivity contribution in [3.63, 3.8) is 0 Å². The number of nitrogens with zero attached hydrogens (tertiary/aromatic N) is 4. The van der Waals surface area contributed by atoms with Crippen LogP contribution in [-0.2, 0) is 7.05 Å². The van der Waals surface area contributed by atoms with E-state index in [9.17, 15) is 10.2 Å². The first-order chi connectivity index (χ1) is 16.9. The molecular weight excluding hydrogens is 440 g/mol. The van der Waals surface area contributed by atoms with Gasteiger partial charge in [0, 0.05) is 47.7 Å². The van der Waals surface area contributed by atoms with Crippen LogP contribution < -0.4 is 10.6 Å². The minimum atomic E-state index is -0.0159. The summed E-state index contributed by atoms with van der Waals surface area (Å²) in [5.41, 5.74) is 3.22. The van der Waals surface area contributed by atoms with Crippen molar-refractivity contribution in [2.24, 2.45) is 13.0 Å². The Morgan fingerprint density at radius 3 is 2.51 bits per heavy atom. The molecule has 3 heterocycles. The molecule has 1 atom stereocenters. The van der Waals surface area contributed by atoms with Crippen LogP contribution in [0.3, 0.4) is 0 Å². The van der Waals surface area contributed by atoms with Gasteiger partial charge in [0.15, 0.2) is 0 Å². The second kappa shape index (κ2) is 11.9. The molecule has 1 saturated heterocycles. The number of aromatic hydroxyl groups is 2. The van der Waals surface area contributed by atoms with E-state index < -0.39 is 0 Å². The van der Waals surface area contributed by atoms with Crippen LogP contribution in [0.5, 0.6) is 11.5 Å². The summed E-state index contributed by atoms with van der Waals surface area (Å²) in [5, 5.41) is 31.3. The van der Waals surface area contributed by atoms with E-state index in [2.05, 4.69) is 38.5 Å². The predicted molar refractivity (Wildman–Crippen MR) is 141 cm³/mol. The minimum Gasteiger partial charge on any atom is -0.508 e. The molecule has 1 fully saturated rings. The maximum atomic E-state index is 10.2. The number of hydrogen-bond acceptors (Lipinski definition) is 7. The molecule has 5 rings (SSSR count). The second-order valence-electron chi connectivity index (χ2n) is 8.17. The van der Waals surface area contributed by atoms with Crippen molar-refractivity contribution >= 4 is 22.5 Å². The van der Waals surface area contributed by atoms with E-state index in [0.29, 0.717) is 22.2 Å². The van der Waals surface area contributed by atoms with Crippen molar-refractivity contribution < 1.29 is 10.2 Å². The van der Waals surface area contributed by atoms with Crippen LogP contribution >= 0.6 is 0 Å². The average molecular weight is 473 g/mol. The Kier molecular flexibility index (Phi) is 8.65. The number of aryl methyl sites for hydroxylation is 1. The highest BCUT2D eigenvalue weighted by Crippen LogP contribution is 2.30. The van der Waals surface area contributed by atoms with Crippen LogP contribution in [0.25, 0.3) is 22.0 Å². The van der Waals surface area contributed by atoms with Crippen LogP contribution in [0.15, 0.2) is 48.9 Å². The Morgan fingerprint density at radius 2 is 1.91 bits per heavy atom. The van der Waals surface area contributed by atoms with Gasteiger partial charge in [0.05, 0.1) is 6.20 Å². The molecule has 0 aliphatic carbocycles. The van der Waals surface area contributed by atoms with Gasteiger partial charge in [-0.1, -0.05) is 26.7 Å². The topological polar surface area (TPSA) is 108 Å². The molecule has 182 valence electrons. The number of phenols is 2. The maximum Gasteiger partial charge on any atom is 0.227 e. The summed E-state index contributed by atoms with van der Waals surface area (Å²) in [5.74, 6) is 3.78. The summed E-state index contributed by atoms with van der Waals surface area (Å²) < 4.78 is 1.69. The number of benzene rings is 2. The van der Waals surface area contributed by atoms with Gasteiger partial charge in [0.1, 0.15) is 17.0 Å². The lowest BCUT2D eigenvalue weighted by Gasteiger charge is -2.09. The molecule has 1 aliphatic heterocycles. The van der Waals surface area contributed by atoms with Crippen LogP contribution in [0.2, 0.25) is 0 Å². The fraction of sp³-hybridized carbons (Fsp3) is 0.296. The molecule has 4 aromatic rings. The molecular formula is C27H32N6O2. The predicted octanol–water partition coefficient (Wildman–Crippen LogP) is 4.81. The zero-order valence-corrected chi connectivity index (χ0v) is 20.6. The maximum absolute atomic E-state index is 10.2. The third-order valence-electron chi connectivity index (χ3n) is 5.35. The van der Waals surface area contributed by atoms with E-state index in [0.717, 1.165) is 17.0 Å². The van der Waals surface area contributed by atoms with E-state index in [-0.39, 0.29) is 17.4 Å². The van der Waals surface area contributed by atoms with Gasteiger partial charge in [-0.05, 0) is 55.3 Å². The van der Waals surface area contributed by atoms with E-state index in [1.165, 1.54) is 25.6 Å². The Balaban J connectivity index is 0.000000369. The number of hydrogen-bond donors (Lipinski definition) is 4. The lowest BCUT2D eigenvalue weighted by Crippen LogP contribution is -2.06. The van der Waals surface area contributed by atoms with Crippen molar-refractivity contribution in [1.82, 2.24) is 25.1 Å². The number of aromatic nitrogens is 4. The molecule has 4 N–H and O–H groups in total. The van der Waals surface area contributed by atoms with Gasteiger partial charge in [-0.15, -0.1) is 6.42 Å². The van der Waals surface area contributed by atoms with Crippen LogP contribution in [0.1, 0.15) is 32.8 Å². The van der Waals surface area contributed by atoms with Crippen molar-refractivity contribution in [2.45, 2.75) is 27.2 Å². The van der Waals surface area contributed by atoms with Crippen molar-refractivity contribution in [3.05, 3.63) is 54.5 Å². The first kappa shape index (κ1) is 25.5. The Hall–Kier alpha value is -4.09. The highest BCUT2D eigenvalue weighted by atomic mass is 16.3. The molecule has 0 saturated carbocycles. The molecule has 1 aliphatic rings. The smallest absolute Gasteiger partial charge is 0.227 e. The number of phenolic OH excluding ortho intramolecular Hbond substituents is 2. The average Bonchev–Trinajstić information content (AvgIpc) is 3.51. The first-order valence-electron chi connectivity index (χ1n) is 11.7. The summed E-state index contributed by atoms with van der Waals surface area (Å²) >= 11 is 0. The third-order valence-corrected chi connectivity index (χ3v) is 5.35. The van der Waals surface area contributed by atoms with Gasteiger partial charge in [-0.2, -0.15) is 5.10 Å². The van der Waals surface area contributed by atoms with Crippen molar-refractivity contribution in [2.75, 3.05) is 18.4 Å². The van der Waals surface area contributed by atoms with Gasteiger partial charge >= 0.3 is 0 Å². The summed E-state index contributed by atoms with van der Waals surface area (Å²) in [6.45, 7) is 8.75. The minimum absolute atomic E-state index is 0.0159. The highest BCUT2D eigenvalue weighted by Gasteiger charge is 2.09. The van der Waals surface area contributed by atoms with Crippen LogP contribution in [-0.4, -0.2) is 43.1 Å². The second-order valence-corrected chi connectivity index (χ2v) is 8.17. The van der Waals surface area contributed by atoms with E-state index in [1.807, 2.05) is 33.2 Å². The zero-order chi connectivity index (χ0) is 25.4. The van der Waals surface area contributed by atoms with Gasteiger partial charge < -0.3 is 20.8 Å². The number of nitrogens with one attached hydrogen (secondary N) is 2. The zero-order valence-electron chi connectivity index (χ0n) is 20.6. The van der Waals surface area contributed by atoms with Crippen LogP contribution in [0.4, 0.5) is 11.6 Å². The van der Waals surface area contributed by atoms with Crippen molar-refractivity contribution in [1.29, 1.82) is 0 Å². The monoisotopic (exact) mass is 472 g/mol. The van der Waals surface area contributed by atoms with Crippen molar-refractivity contribution in [3.8, 4) is 35.0 Å². The molecule has 0 radical (unpaired) electrons. The first-order valence-corrected chi connectivity index (χ1v) is 11.7. The fourth-order valence-corrected chi connectivity index (χ4v) is 3.62. The molecule has 8 nitrogen and oxygen atoms in total. The summed E-state index contributed by atoms with van der Waals surface area (Å²) in [6.07, 6.45) is 11.9. The van der Waals surface area contributed by atoms with E-state index in [1.54, 1.807) is 35.3 Å². The SMILES string of the molecule is C#Cc1cc(O)c2nc(Nc3cc(O)cc(-c4cnn(C)c4)c3)ncc2c1.CC.CC1CCNC1. The Morgan fingerprint density at radius 1 is 1.11 bits per heavy atom. The van der Waals surface area contributed by atoms with Gasteiger partial charge in [-0.3, -0.25) is 4.68 Å². The summed E-state index contributed by atoms with van der Waals surface area (Å²) in [7, 11) is 1.83. The Labute approximate surface area is 206 Å². The largest absolute Gasteiger partial charge is 0.508 e. The lowest BCUT2D eigenvalue weighted by atomic mass is 10.1. The van der Waals surface area contributed by atoms with E-state index >= 15 is 0 Å². The number of anilines is 2. The van der Waals surface area contributed by atoms with Gasteiger partial charge in [-0.25, -0.2) is 9.97 Å². The number of rotatable bonds is 3. The molecule has 0 spiro atoms. The fourth-order valence-electron chi connectivity index (χ4n) is 3.62. The molecule has 2 aromatic carbocycles. The lowest BCUT2D eigenvalue weighted by molar-refractivity contribution is 0.476. The third kappa shape index (κ3) is 6.71. The van der Waals surface area contributed by atoms with Gasteiger partial charge in [0.2, 0.25) is 5.95 Å². The molecule has 0 bridgehead atoms. The molecule has 0 amide bonds. The van der Waals surface area contributed by atoms with Crippen LogP contribution in [0, 0.1) is 18.3 Å². The van der Waals surface area contributed by atoms with Gasteiger partial charge in [0.25, 0.3) is 0 Å². The molecule has 35 heavy (non-hydrogen) atoms. The normalized spacial score (nSPS) is 14.3. The standard InChI is InChI=1S/C20H15N5O2.C5H11N.C2H6/c1-3-12-4-14-9-21-20(24-19(14)18(27)5-12)23-16-6-13(7-17(26)8-16)15-10-22-25(2)11-15;1-5-2-3-6-4-5;1-2/h1,4-11,26-27H,2H3,(H,21,23,24);5-6H,2-4H2,1H3;1-2H3. The molecule has 8 heteroatoms. The molecule has 2 aromatic heterocycles.